The number of hydrogen-bond donors (Lipinski definition) is 1. The fourth-order valence-corrected chi connectivity index (χ4v) is 6.31. The number of amides is 1. The Balaban J connectivity index is 1.56. The highest BCUT2D eigenvalue weighted by molar-refractivity contribution is 7.99. The molecule has 0 aliphatic carbocycles. The van der Waals surface area contributed by atoms with Crippen molar-refractivity contribution >= 4 is 62.9 Å². The molecule has 0 bridgehead atoms. The number of benzene rings is 3. The van der Waals surface area contributed by atoms with E-state index in [2.05, 4.69) is 5.32 Å². The number of aryl methyl sites for hydroxylation is 1. The summed E-state index contributed by atoms with van der Waals surface area (Å²) in [4.78, 5) is 33.8. The summed E-state index contributed by atoms with van der Waals surface area (Å²) >= 11 is 8.10. The van der Waals surface area contributed by atoms with E-state index in [1.54, 1.807) is 16.2 Å². The van der Waals surface area contributed by atoms with Crippen LogP contribution < -0.4 is 20.5 Å². The molecule has 2 heterocycles. The predicted octanol–water partition coefficient (Wildman–Crippen LogP) is 6.08. The van der Waals surface area contributed by atoms with E-state index in [-0.39, 0.29) is 17.2 Å². The molecule has 0 saturated carbocycles. The first-order chi connectivity index (χ1) is 19.3. The van der Waals surface area contributed by atoms with E-state index < -0.39 is 0 Å². The van der Waals surface area contributed by atoms with Gasteiger partial charge in [-0.3, -0.25) is 18.7 Å². The van der Waals surface area contributed by atoms with Gasteiger partial charge in [0.05, 0.1) is 24.2 Å². The average Bonchev–Trinajstić information content (AvgIpc) is 3.29. The highest BCUT2D eigenvalue weighted by Gasteiger charge is 2.21. The molecule has 0 fully saturated rings. The second-order valence-electron chi connectivity index (χ2n) is 9.16. The number of ether oxygens (including phenoxy) is 1. The quantitative estimate of drug-likeness (QED) is 0.133. The van der Waals surface area contributed by atoms with Crippen molar-refractivity contribution in [2.24, 2.45) is 0 Å². The lowest BCUT2D eigenvalue weighted by Crippen LogP contribution is -2.23. The number of aromatic nitrogens is 3. The number of thiazole rings is 1. The van der Waals surface area contributed by atoms with E-state index in [0.29, 0.717) is 36.6 Å². The van der Waals surface area contributed by atoms with Gasteiger partial charge in [-0.2, -0.15) is 0 Å². The Kier molecular flexibility index (Phi) is 8.06. The maximum atomic E-state index is 14.0. The molecule has 3 aromatic carbocycles. The van der Waals surface area contributed by atoms with Gasteiger partial charge in [0.25, 0.3) is 5.56 Å². The number of methoxy groups -OCH3 is 1. The van der Waals surface area contributed by atoms with Crippen LogP contribution in [0.4, 0.5) is 11.4 Å². The molecular formula is C29H27N5O3S3. The summed E-state index contributed by atoms with van der Waals surface area (Å²) in [7, 11) is 5.52. The third kappa shape index (κ3) is 5.53. The van der Waals surface area contributed by atoms with E-state index in [1.807, 2.05) is 98.7 Å². The van der Waals surface area contributed by atoms with E-state index >= 15 is 0 Å². The standard InChI is InChI=1S/C29H27N5O3S3/c1-18-8-5-6-11-23(18)34-27(36)25-26(33(29(38)40-25)21-9-7-10-22(16-21)37-4)31-28(34)39-17-24(35)30-19-12-14-20(15-13-19)32(2)3/h5-16H,17H2,1-4H3,(H,30,35). The summed E-state index contributed by atoms with van der Waals surface area (Å²) in [6, 6.07) is 22.6. The van der Waals surface area contributed by atoms with Gasteiger partial charge in [-0.1, -0.05) is 47.4 Å². The van der Waals surface area contributed by atoms with Crippen molar-refractivity contribution in [2.45, 2.75) is 12.1 Å². The summed E-state index contributed by atoms with van der Waals surface area (Å²) in [5.74, 6) is 0.517. The molecule has 0 atom stereocenters. The molecule has 1 amide bonds. The van der Waals surface area contributed by atoms with Gasteiger partial charge in [0.15, 0.2) is 14.8 Å². The van der Waals surface area contributed by atoms with Crippen LogP contribution >= 0.6 is 35.3 Å². The van der Waals surface area contributed by atoms with Crippen LogP contribution in [0.3, 0.4) is 0 Å². The predicted molar refractivity (Wildman–Crippen MR) is 167 cm³/mol. The van der Waals surface area contributed by atoms with Crippen LogP contribution in [0.5, 0.6) is 5.75 Å². The normalized spacial score (nSPS) is 11.0. The van der Waals surface area contributed by atoms with E-state index in [0.717, 1.165) is 16.9 Å². The van der Waals surface area contributed by atoms with Gasteiger partial charge in [0, 0.05) is 31.5 Å². The lowest BCUT2D eigenvalue weighted by Gasteiger charge is -2.15. The fraction of sp³-hybridized carbons (Fsp3) is 0.172. The Morgan fingerprint density at radius 1 is 1.07 bits per heavy atom. The second kappa shape index (κ2) is 11.7. The summed E-state index contributed by atoms with van der Waals surface area (Å²) in [6.45, 7) is 1.94. The van der Waals surface area contributed by atoms with Crippen LogP contribution in [0.15, 0.2) is 82.7 Å². The number of carbonyl (C=O) groups is 1. The summed E-state index contributed by atoms with van der Waals surface area (Å²) in [5, 5.41) is 3.33. The molecule has 8 nitrogen and oxygen atoms in total. The number of anilines is 2. The fourth-order valence-electron chi connectivity index (χ4n) is 4.21. The maximum absolute atomic E-state index is 14.0. The molecule has 2 aromatic heterocycles. The first-order valence-electron chi connectivity index (χ1n) is 12.4. The van der Waals surface area contributed by atoms with Gasteiger partial charge >= 0.3 is 0 Å². The number of nitrogens with one attached hydrogen (secondary N) is 1. The third-order valence-electron chi connectivity index (χ3n) is 6.24. The second-order valence-corrected chi connectivity index (χ2v) is 11.7. The molecule has 0 saturated heterocycles. The highest BCUT2D eigenvalue weighted by Crippen LogP contribution is 2.29. The van der Waals surface area contributed by atoms with Gasteiger partial charge in [-0.05, 0) is 67.2 Å². The number of thioether (sulfide) groups is 1. The number of hydrogen-bond acceptors (Lipinski definition) is 8. The molecule has 5 aromatic rings. The summed E-state index contributed by atoms with van der Waals surface area (Å²) in [5.41, 5.74) is 4.30. The van der Waals surface area contributed by atoms with Gasteiger partial charge < -0.3 is 15.0 Å². The Labute approximate surface area is 244 Å². The van der Waals surface area contributed by atoms with Crippen molar-refractivity contribution < 1.29 is 9.53 Å². The zero-order valence-electron chi connectivity index (χ0n) is 22.4. The number of carbonyl (C=O) groups excluding carboxylic acids is 1. The Morgan fingerprint density at radius 2 is 1.82 bits per heavy atom. The van der Waals surface area contributed by atoms with Crippen LogP contribution in [0.2, 0.25) is 0 Å². The van der Waals surface area contributed by atoms with E-state index in [9.17, 15) is 9.59 Å². The van der Waals surface area contributed by atoms with Crippen molar-refractivity contribution in [3.63, 3.8) is 0 Å². The lowest BCUT2D eigenvalue weighted by molar-refractivity contribution is -0.113. The molecule has 204 valence electrons. The minimum absolute atomic E-state index is 0.0588. The molecular weight excluding hydrogens is 563 g/mol. The molecule has 5 rings (SSSR count). The first-order valence-corrected chi connectivity index (χ1v) is 14.6. The molecule has 0 unspecified atom stereocenters. The minimum Gasteiger partial charge on any atom is -0.497 e. The number of para-hydroxylation sites is 1. The molecule has 0 radical (unpaired) electrons. The van der Waals surface area contributed by atoms with Gasteiger partial charge in [-0.25, -0.2) is 4.98 Å². The van der Waals surface area contributed by atoms with Crippen LogP contribution in [0, 0.1) is 10.9 Å². The molecule has 40 heavy (non-hydrogen) atoms. The molecule has 0 spiro atoms. The van der Waals surface area contributed by atoms with E-state index in [1.165, 1.54) is 23.1 Å². The van der Waals surface area contributed by atoms with E-state index in [4.69, 9.17) is 21.9 Å². The van der Waals surface area contributed by atoms with Crippen molar-refractivity contribution in [1.29, 1.82) is 0 Å². The van der Waals surface area contributed by atoms with Crippen LogP contribution in [0.1, 0.15) is 5.56 Å². The highest BCUT2D eigenvalue weighted by atomic mass is 32.2. The van der Waals surface area contributed by atoms with Crippen molar-refractivity contribution in [3.8, 4) is 17.1 Å². The number of fused-ring (bicyclic) bond motifs is 1. The number of nitrogens with zero attached hydrogens (tertiary/aromatic N) is 4. The van der Waals surface area contributed by atoms with Crippen LogP contribution in [0.25, 0.3) is 21.7 Å². The molecule has 1 N–H and O–H groups in total. The Bertz CT molecular complexity index is 1820. The van der Waals surface area contributed by atoms with Gasteiger partial charge in [-0.15, -0.1) is 0 Å². The van der Waals surface area contributed by atoms with Crippen LogP contribution in [-0.2, 0) is 4.79 Å². The molecule has 0 aliphatic rings. The monoisotopic (exact) mass is 589 g/mol. The Morgan fingerprint density at radius 3 is 2.52 bits per heavy atom. The van der Waals surface area contributed by atoms with Gasteiger partial charge in [0.1, 0.15) is 10.4 Å². The smallest absolute Gasteiger partial charge is 0.278 e. The number of rotatable bonds is 8. The Hall–Kier alpha value is -3.93. The van der Waals surface area contributed by atoms with Crippen molar-refractivity contribution in [3.05, 3.63) is 92.7 Å². The zero-order valence-corrected chi connectivity index (χ0v) is 24.8. The SMILES string of the molecule is COc1cccc(-n2c(=S)sc3c(=O)n(-c4ccccc4C)c(SCC(=O)Nc4ccc(N(C)C)cc4)nc32)c1. The van der Waals surface area contributed by atoms with Crippen LogP contribution in [-0.4, -0.2) is 47.0 Å². The third-order valence-corrected chi connectivity index (χ3v) is 8.53. The lowest BCUT2D eigenvalue weighted by atomic mass is 10.2. The zero-order chi connectivity index (χ0) is 28.4. The van der Waals surface area contributed by atoms with Crippen molar-refractivity contribution in [1.82, 2.24) is 14.1 Å². The topological polar surface area (TPSA) is 81.4 Å². The first kappa shape index (κ1) is 27.6. The molecule has 11 heteroatoms. The largest absolute Gasteiger partial charge is 0.497 e. The molecule has 0 aliphatic heterocycles. The summed E-state index contributed by atoms with van der Waals surface area (Å²) in [6.07, 6.45) is 0. The van der Waals surface area contributed by atoms with Gasteiger partial charge in [0.2, 0.25) is 5.91 Å². The average molecular weight is 590 g/mol. The van der Waals surface area contributed by atoms with Crippen molar-refractivity contribution in [2.75, 3.05) is 37.2 Å². The summed E-state index contributed by atoms with van der Waals surface area (Å²) < 4.78 is 9.67. The maximum Gasteiger partial charge on any atom is 0.278 e. The minimum atomic E-state index is -0.237.